The van der Waals surface area contributed by atoms with Gasteiger partial charge >= 0.3 is 0 Å². The highest BCUT2D eigenvalue weighted by molar-refractivity contribution is 9.10. The highest BCUT2D eigenvalue weighted by Crippen LogP contribution is 2.40. The van der Waals surface area contributed by atoms with Gasteiger partial charge in [-0.25, -0.2) is 4.39 Å². The molecule has 0 saturated heterocycles. The number of hydrogen-bond acceptors (Lipinski definition) is 1. The Morgan fingerprint density at radius 3 is 2.61 bits per heavy atom. The highest BCUT2D eigenvalue weighted by atomic mass is 79.9. The van der Waals surface area contributed by atoms with Gasteiger partial charge < -0.3 is 0 Å². The number of carbonyl (C=O) groups is 1. The van der Waals surface area contributed by atoms with E-state index in [4.69, 9.17) is 11.6 Å². The first-order chi connectivity index (χ1) is 8.30. The van der Waals surface area contributed by atoms with Crippen molar-refractivity contribution < 1.29 is 9.18 Å². The average molecular weight is 332 g/mol. The second-order valence-electron chi connectivity index (χ2n) is 5.38. The van der Waals surface area contributed by atoms with Crippen LogP contribution in [0.1, 0.15) is 32.3 Å². The molecule has 2 rings (SSSR count). The minimum atomic E-state index is -0.470. The van der Waals surface area contributed by atoms with E-state index in [1.54, 1.807) is 12.1 Å². The van der Waals surface area contributed by atoms with Crippen molar-refractivity contribution in [3.63, 3.8) is 0 Å². The van der Waals surface area contributed by atoms with E-state index in [9.17, 15) is 9.18 Å². The van der Waals surface area contributed by atoms with E-state index in [1.807, 2.05) is 13.8 Å². The van der Waals surface area contributed by atoms with Gasteiger partial charge in [-0.1, -0.05) is 31.5 Å². The van der Waals surface area contributed by atoms with E-state index in [0.717, 1.165) is 5.57 Å². The summed E-state index contributed by atoms with van der Waals surface area (Å²) >= 11 is 9.06. The zero-order chi connectivity index (χ0) is 13.5. The van der Waals surface area contributed by atoms with E-state index < -0.39 is 5.82 Å². The van der Waals surface area contributed by atoms with E-state index >= 15 is 0 Å². The molecule has 18 heavy (non-hydrogen) atoms. The van der Waals surface area contributed by atoms with Crippen LogP contribution in [0.4, 0.5) is 4.39 Å². The van der Waals surface area contributed by atoms with Crippen molar-refractivity contribution in [1.82, 2.24) is 0 Å². The molecule has 4 heteroatoms. The van der Waals surface area contributed by atoms with Crippen LogP contribution in [-0.2, 0) is 4.79 Å². The lowest BCUT2D eigenvalue weighted by atomic mass is 9.75. The molecule has 1 aromatic carbocycles. The molecular formula is C14H13BrClFO. The van der Waals surface area contributed by atoms with Gasteiger partial charge in [-0.15, -0.1) is 0 Å². The van der Waals surface area contributed by atoms with Gasteiger partial charge in [0, 0.05) is 16.5 Å². The largest absolute Gasteiger partial charge is 0.295 e. The molecule has 0 heterocycles. The molecule has 0 radical (unpaired) electrons. The van der Waals surface area contributed by atoms with Gasteiger partial charge in [0.2, 0.25) is 0 Å². The molecule has 0 spiro atoms. The number of rotatable bonds is 1. The third-order valence-electron chi connectivity index (χ3n) is 3.04. The summed E-state index contributed by atoms with van der Waals surface area (Å²) in [5, 5.41) is 0.0595. The number of hydrogen-bond donors (Lipinski definition) is 0. The quantitative estimate of drug-likeness (QED) is 0.661. The van der Waals surface area contributed by atoms with Crippen molar-refractivity contribution in [2.24, 2.45) is 5.41 Å². The van der Waals surface area contributed by atoms with Crippen LogP contribution in [0, 0.1) is 11.2 Å². The first-order valence-corrected chi connectivity index (χ1v) is 6.84. The molecule has 0 amide bonds. The van der Waals surface area contributed by atoms with Gasteiger partial charge in [0.15, 0.2) is 5.78 Å². The Bertz CT molecular complexity index is 549. The minimum absolute atomic E-state index is 0.0414. The van der Waals surface area contributed by atoms with Crippen molar-refractivity contribution in [2.45, 2.75) is 26.7 Å². The van der Waals surface area contributed by atoms with Crippen molar-refractivity contribution in [3.05, 3.63) is 39.1 Å². The van der Waals surface area contributed by atoms with Crippen LogP contribution in [0.5, 0.6) is 0 Å². The summed E-state index contributed by atoms with van der Waals surface area (Å²) in [6.07, 6.45) is 2.71. The molecule has 0 atom stereocenters. The number of ketones is 1. The van der Waals surface area contributed by atoms with E-state index in [2.05, 4.69) is 15.9 Å². The Labute approximate surface area is 119 Å². The monoisotopic (exact) mass is 330 g/mol. The van der Waals surface area contributed by atoms with Gasteiger partial charge in [-0.3, -0.25) is 4.79 Å². The topological polar surface area (TPSA) is 17.1 Å². The van der Waals surface area contributed by atoms with Crippen LogP contribution in [0.15, 0.2) is 22.7 Å². The van der Waals surface area contributed by atoms with Crippen LogP contribution < -0.4 is 0 Å². The number of allylic oxidation sites excluding steroid dienone is 2. The second kappa shape index (κ2) is 4.78. The van der Waals surface area contributed by atoms with Crippen molar-refractivity contribution in [2.75, 3.05) is 0 Å². The van der Waals surface area contributed by atoms with Gasteiger partial charge in [-0.2, -0.15) is 0 Å². The molecule has 0 aliphatic heterocycles. The molecule has 1 aromatic rings. The Balaban J connectivity index is 2.50. The standard InChI is InChI=1S/C14H13BrClFO/c1-14(2)6-8(5-9(18)7-14)10-3-4-11(15)12(16)13(10)17/h3-5H,6-7H2,1-2H3. The van der Waals surface area contributed by atoms with E-state index in [-0.39, 0.29) is 16.2 Å². The summed E-state index contributed by atoms with van der Waals surface area (Å²) < 4.78 is 14.6. The fourth-order valence-corrected chi connectivity index (χ4v) is 2.76. The maximum atomic E-state index is 14.1. The second-order valence-corrected chi connectivity index (χ2v) is 6.61. The number of carbonyl (C=O) groups excluding carboxylic acids is 1. The number of benzene rings is 1. The summed E-state index contributed by atoms with van der Waals surface area (Å²) in [6, 6.07) is 3.36. The zero-order valence-corrected chi connectivity index (χ0v) is 12.5. The Morgan fingerprint density at radius 2 is 2.00 bits per heavy atom. The maximum Gasteiger partial charge on any atom is 0.156 e. The molecule has 1 nitrogen and oxygen atoms in total. The highest BCUT2D eigenvalue weighted by Gasteiger charge is 2.29. The lowest BCUT2D eigenvalue weighted by Crippen LogP contribution is -2.21. The molecule has 1 aliphatic carbocycles. The predicted octanol–water partition coefficient (Wildman–Crippen LogP) is 5.01. The summed E-state index contributed by atoms with van der Waals surface area (Å²) in [4.78, 5) is 11.7. The fourth-order valence-electron chi connectivity index (χ4n) is 2.29. The molecule has 0 fully saturated rings. The fraction of sp³-hybridized carbons (Fsp3) is 0.357. The third-order valence-corrected chi connectivity index (χ3v) is 4.30. The van der Waals surface area contributed by atoms with Crippen LogP contribution in [-0.4, -0.2) is 5.78 Å². The zero-order valence-electron chi connectivity index (χ0n) is 10.2. The Hall–Kier alpha value is -0.670. The minimum Gasteiger partial charge on any atom is -0.295 e. The summed E-state index contributed by atoms with van der Waals surface area (Å²) in [7, 11) is 0. The van der Waals surface area contributed by atoms with Gasteiger partial charge in [0.05, 0.1) is 5.02 Å². The molecule has 1 aliphatic rings. The van der Waals surface area contributed by atoms with Crippen molar-refractivity contribution in [1.29, 1.82) is 0 Å². The predicted molar refractivity (Wildman–Crippen MR) is 75.1 cm³/mol. The van der Waals surface area contributed by atoms with Gasteiger partial charge in [0.25, 0.3) is 0 Å². The third kappa shape index (κ3) is 2.67. The molecule has 0 aromatic heterocycles. The molecule has 96 valence electrons. The molecule has 0 bridgehead atoms. The van der Waals surface area contributed by atoms with Crippen LogP contribution in [0.2, 0.25) is 5.02 Å². The SMILES string of the molecule is CC1(C)CC(=O)C=C(c2ccc(Br)c(Cl)c2F)C1. The summed E-state index contributed by atoms with van der Waals surface area (Å²) in [5.74, 6) is -0.428. The molecule has 0 unspecified atom stereocenters. The first kappa shape index (κ1) is 13.8. The first-order valence-electron chi connectivity index (χ1n) is 5.67. The van der Waals surface area contributed by atoms with Crippen LogP contribution >= 0.6 is 27.5 Å². The van der Waals surface area contributed by atoms with E-state index in [1.165, 1.54) is 6.08 Å². The average Bonchev–Trinajstić information content (AvgIpc) is 2.23. The maximum absolute atomic E-state index is 14.1. The Kier molecular flexibility index (Phi) is 3.65. The number of halogens is 3. The van der Waals surface area contributed by atoms with Crippen LogP contribution in [0.3, 0.4) is 0 Å². The Morgan fingerprint density at radius 1 is 1.33 bits per heavy atom. The lowest BCUT2D eigenvalue weighted by molar-refractivity contribution is -0.116. The molecular weight excluding hydrogens is 319 g/mol. The van der Waals surface area contributed by atoms with E-state index in [0.29, 0.717) is 22.9 Å². The van der Waals surface area contributed by atoms with Gasteiger partial charge in [-0.05, 0) is 45.5 Å². The summed E-state index contributed by atoms with van der Waals surface area (Å²) in [5.41, 5.74) is 1.01. The van der Waals surface area contributed by atoms with Crippen molar-refractivity contribution >= 4 is 38.9 Å². The molecule has 0 N–H and O–H groups in total. The lowest BCUT2D eigenvalue weighted by Gasteiger charge is -2.29. The molecule has 0 saturated carbocycles. The van der Waals surface area contributed by atoms with Crippen LogP contribution in [0.25, 0.3) is 5.57 Å². The summed E-state index contributed by atoms with van der Waals surface area (Å²) in [6.45, 7) is 4.02. The normalized spacial score (nSPS) is 18.7. The van der Waals surface area contributed by atoms with Crippen molar-refractivity contribution in [3.8, 4) is 0 Å². The smallest absolute Gasteiger partial charge is 0.156 e. The van der Waals surface area contributed by atoms with Gasteiger partial charge in [0.1, 0.15) is 5.82 Å².